The highest BCUT2D eigenvalue weighted by atomic mass is 19.3. The van der Waals surface area contributed by atoms with Gasteiger partial charge in [-0.15, -0.1) is 0 Å². The molecular weight excluding hydrogens is 582 g/mol. The van der Waals surface area contributed by atoms with Crippen molar-refractivity contribution >= 4 is 23.4 Å². The third-order valence-electron chi connectivity index (χ3n) is 9.68. The summed E-state index contributed by atoms with van der Waals surface area (Å²) in [6.45, 7) is 15.9. The third kappa shape index (κ3) is 7.38. The van der Waals surface area contributed by atoms with E-state index >= 15 is 8.78 Å². The maximum atomic E-state index is 15.5. The Kier molecular flexibility index (Phi) is 10.7. The van der Waals surface area contributed by atoms with Gasteiger partial charge in [-0.1, -0.05) is 39.3 Å². The quantitative estimate of drug-likeness (QED) is 0.269. The highest BCUT2D eigenvalue weighted by molar-refractivity contribution is 6.02. The van der Waals surface area contributed by atoms with Gasteiger partial charge < -0.3 is 15.0 Å². The number of aliphatic imine (C=N–C) groups is 1. The number of unbranched alkanes of at least 4 members (excludes halogenated alkanes) is 1. The molecule has 2 aromatic rings. The van der Waals surface area contributed by atoms with E-state index in [1.165, 1.54) is 24.4 Å². The topological polar surface area (TPSA) is 57.2 Å². The van der Waals surface area contributed by atoms with E-state index in [0.717, 1.165) is 69.5 Å². The van der Waals surface area contributed by atoms with Gasteiger partial charge in [0, 0.05) is 62.1 Å². The number of aryl methyl sites for hydroxylation is 2. The zero-order chi connectivity index (χ0) is 33.0. The van der Waals surface area contributed by atoms with Crippen LogP contribution in [0.15, 0.2) is 64.4 Å². The van der Waals surface area contributed by atoms with Gasteiger partial charge in [0.15, 0.2) is 5.78 Å². The molecule has 0 saturated carbocycles. The fraction of sp³-hybridized carbons (Fsp3) is 0.526. The van der Waals surface area contributed by atoms with Gasteiger partial charge in [-0.3, -0.25) is 14.7 Å². The van der Waals surface area contributed by atoms with Crippen molar-refractivity contribution in [3.63, 3.8) is 0 Å². The predicted molar refractivity (Wildman–Crippen MR) is 185 cm³/mol. The number of carbonyl (C=O) groups excluding carboxylic acids is 1. The molecule has 2 unspecified atom stereocenters. The predicted octanol–water partition coefficient (Wildman–Crippen LogP) is 8.47. The summed E-state index contributed by atoms with van der Waals surface area (Å²) >= 11 is 0. The second kappa shape index (κ2) is 14.5. The first kappa shape index (κ1) is 33.8. The van der Waals surface area contributed by atoms with E-state index in [-0.39, 0.29) is 23.0 Å². The lowest BCUT2D eigenvalue weighted by Crippen LogP contribution is -2.48. The fourth-order valence-corrected chi connectivity index (χ4v) is 6.60. The summed E-state index contributed by atoms with van der Waals surface area (Å²) in [6, 6.07) is 12.5. The molecule has 1 N–H and O–H groups in total. The number of hydrogen-bond acceptors (Lipinski definition) is 6. The van der Waals surface area contributed by atoms with Crippen molar-refractivity contribution in [1.29, 1.82) is 0 Å². The number of nitrogens with one attached hydrogen (secondary N) is 1. The van der Waals surface area contributed by atoms with Gasteiger partial charge in [-0.05, 0) is 93.5 Å². The zero-order valence-electron chi connectivity index (χ0n) is 28.3. The van der Waals surface area contributed by atoms with Gasteiger partial charge in [-0.25, -0.2) is 8.78 Å². The average Bonchev–Trinajstić information content (AvgIpc) is 3.20. The van der Waals surface area contributed by atoms with Crippen LogP contribution >= 0.6 is 0 Å². The molecule has 46 heavy (non-hydrogen) atoms. The molecule has 1 saturated heterocycles. The van der Waals surface area contributed by atoms with Gasteiger partial charge in [0.2, 0.25) is 0 Å². The Morgan fingerprint density at radius 3 is 2.57 bits per heavy atom. The number of carbonyl (C=O) groups is 1. The monoisotopic (exact) mass is 632 g/mol. The molecule has 2 aromatic carbocycles. The molecule has 1 fully saturated rings. The number of fused-ring (bicyclic) bond motifs is 1. The molecule has 248 valence electrons. The number of benzene rings is 2. The smallest absolute Gasteiger partial charge is 0.278 e. The maximum Gasteiger partial charge on any atom is 0.278 e. The molecule has 1 aliphatic carbocycles. The number of hydrogen-bond donors (Lipinski definition) is 1. The number of Topliss-reactive ketones (excluding diaryl/α,β-unsaturated/α-hetero) is 1. The SMILES string of the molecule is CCCCc1cc(N2CCN(C(C)C)CC2)ccc1NC1C=C(C)C(Oc2cccc3c2C(=O)C(C)CC3)=C(C(F)(F)CC)C=N1. The lowest BCUT2D eigenvalue weighted by atomic mass is 9.83. The minimum atomic E-state index is -3.16. The number of rotatable bonds is 11. The summed E-state index contributed by atoms with van der Waals surface area (Å²) in [4.78, 5) is 22.8. The standard InChI is InChI=1S/C38H50F2N4O2/c1-7-9-11-29-23-30(44-20-18-43(19-21-44)25(3)4)16-17-32(29)42-34-22-27(6)37(31(24-41-34)38(39,40)8-2)46-33-13-10-12-28-15-14-26(5)36(45)35(28)33/h10,12-13,16-17,22-26,34,42H,7-9,11,14-15,18-21H2,1-6H3. The van der Waals surface area contributed by atoms with Crippen LogP contribution in [-0.4, -0.2) is 61.2 Å². The van der Waals surface area contributed by atoms with Crippen LogP contribution in [0, 0.1) is 5.92 Å². The molecule has 8 heteroatoms. The largest absolute Gasteiger partial charge is 0.456 e. The number of ketones is 1. The van der Waals surface area contributed by atoms with E-state index in [1.54, 1.807) is 13.0 Å². The normalized spacial score (nSPS) is 20.9. The van der Waals surface area contributed by atoms with Crippen LogP contribution in [0.4, 0.5) is 20.2 Å². The lowest BCUT2D eigenvalue weighted by Gasteiger charge is -2.38. The van der Waals surface area contributed by atoms with Crippen LogP contribution in [0.2, 0.25) is 0 Å². The summed E-state index contributed by atoms with van der Waals surface area (Å²) in [5.41, 5.74) is 5.04. The molecule has 0 amide bonds. The third-order valence-corrected chi connectivity index (χ3v) is 9.68. The Bertz CT molecular complexity index is 1500. The first-order valence-electron chi connectivity index (χ1n) is 17.1. The van der Waals surface area contributed by atoms with E-state index in [2.05, 4.69) is 59.1 Å². The molecule has 0 spiro atoms. The van der Waals surface area contributed by atoms with Crippen LogP contribution in [0.25, 0.3) is 0 Å². The van der Waals surface area contributed by atoms with E-state index in [9.17, 15) is 4.79 Å². The summed E-state index contributed by atoms with van der Waals surface area (Å²) in [6.07, 6.45) is 6.69. The molecule has 6 nitrogen and oxygen atoms in total. The first-order chi connectivity index (χ1) is 22.0. The minimum absolute atomic E-state index is 0.00502. The number of halogens is 2. The van der Waals surface area contributed by atoms with Crippen molar-refractivity contribution in [3.05, 3.63) is 76.1 Å². The number of nitrogens with zero attached hydrogens (tertiary/aromatic N) is 3. The number of piperazine rings is 1. The van der Waals surface area contributed by atoms with Crippen LogP contribution in [0.3, 0.4) is 0 Å². The molecule has 0 bridgehead atoms. The van der Waals surface area contributed by atoms with Gasteiger partial charge in [0.25, 0.3) is 5.92 Å². The van der Waals surface area contributed by atoms with Gasteiger partial charge in [-0.2, -0.15) is 0 Å². The Morgan fingerprint density at radius 1 is 1.11 bits per heavy atom. The van der Waals surface area contributed by atoms with Crippen LogP contribution < -0.4 is 15.0 Å². The number of alkyl halides is 2. The Hall–Kier alpha value is -3.52. The fourth-order valence-electron chi connectivity index (χ4n) is 6.60. The number of ether oxygens (including phenoxy) is 1. The lowest BCUT2D eigenvalue weighted by molar-refractivity contribution is 0.0413. The molecule has 0 aromatic heterocycles. The summed E-state index contributed by atoms with van der Waals surface area (Å²) < 4.78 is 37.4. The number of anilines is 2. The van der Waals surface area contributed by atoms with Crippen molar-refractivity contribution in [2.45, 2.75) is 98.2 Å². The first-order valence-corrected chi connectivity index (χ1v) is 17.1. The second-order valence-electron chi connectivity index (χ2n) is 13.3. The Balaban J connectivity index is 1.44. The van der Waals surface area contributed by atoms with E-state index in [4.69, 9.17) is 4.74 Å². The Morgan fingerprint density at radius 2 is 1.87 bits per heavy atom. The molecule has 2 heterocycles. The highest BCUT2D eigenvalue weighted by Crippen LogP contribution is 2.38. The van der Waals surface area contributed by atoms with Crippen molar-refractivity contribution in [3.8, 4) is 5.75 Å². The average molecular weight is 633 g/mol. The van der Waals surface area contributed by atoms with Gasteiger partial charge >= 0.3 is 0 Å². The summed E-state index contributed by atoms with van der Waals surface area (Å²) in [7, 11) is 0. The van der Waals surface area contributed by atoms with E-state index in [0.29, 0.717) is 22.9 Å². The maximum absolute atomic E-state index is 15.5. The van der Waals surface area contributed by atoms with Crippen molar-refractivity contribution < 1.29 is 18.3 Å². The summed E-state index contributed by atoms with van der Waals surface area (Å²) in [5.74, 6) is -2.92. The molecular formula is C38H50F2N4O2. The Labute approximate surface area is 273 Å². The van der Waals surface area contributed by atoms with E-state index in [1.807, 2.05) is 25.1 Å². The van der Waals surface area contributed by atoms with Crippen molar-refractivity contribution in [1.82, 2.24) is 4.90 Å². The van der Waals surface area contributed by atoms with Crippen LogP contribution in [0.1, 0.15) is 88.7 Å². The van der Waals surface area contributed by atoms with Gasteiger partial charge in [0.05, 0.1) is 11.1 Å². The van der Waals surface area contributed by atoms with Crippen LogP contribution in [-0.2, 0) is 12.8 Å². The van der Waals surface area contributed by atoms with Crippen LogP contribution in [0.5, 0.6) is 5.75 Å². The zero-order valence-corrected chi connectivity index (χ0v) is 28.3. The molecule has 2 aliphatic heterocycles. The van der Waals surface area contributed by atoms with Crippen molar-refractivity contribution in [2.75, 3.05) is 36.4 Å². The molecule has 2 atom stereocenters. The van der Waals surface area contributed by atoms with E-state index < -0.39 is 18.5 Å². The van der Waals surface area contributed by atoms with Crippen molar-refractivity contribution in [2.24, 2.45) is 10.9 Å². The number of allylic oxidation sites excluding steroid dienone is 2. The highest BCUT2D eigenvalue weighted by Gasteiger charge is 2.37. The molecule has 0 radical (unpaired) electrons. The molecule has 3 aliphatic rings. The minimum Gasteiger partial charge on any atom is -0.456 e. The van der Waals surface area contributed by atoms with Gasteiger partial charge in [0.1, 0.15) is 17.7 Å². The summed E-state index contributed by atoms with van der Waals surface area (Å²) in [5, 5.41) is 3.54. The second-order valence-corrected chi connectivity index (χ2v) is 13.3. The molecule has 5 rings (SSSR count).